The van der Waals surface area contributed by atoms with Crippen molar-refractivity contribution in [1.82, 2.24) is 14.8 Å². The number of β-lactam (4-membered cyclic amide) rings is 1. The zero-order valence-electron chi connectivity index (χ0n) is 18.0. The standard InChI is InChI=1S/C24H26N4O4/c1-31-13-14-32-22-21(18-5-9-26-10-6-18)28(24(22)30)20-7-11-27(12-8-20)23(29)19-4-2-3-17(15-19)16-25/h2-6,9-10,15,20-22H,7-8,11-14H2,1H3/t21-,22+/m0/s1. The number of carbonyl (C=O) groups is 2. The Balaban J connectivity index is 1.43. The Kier molecular flexibility index (Phi) is 6.78. The third-order valence-electron chi connectivity index (χ3n) is 6.10. The third-order valence-corrected chi connectivity index (χ3v) is 6.10. The van der Waals surface area contributed by atoms with Crippen molar-refractivity contribution in [3.8, 4) is 6.07 Å². The van der Waals surface area contributed by atoms with E-state index in [0.717, 1.165) is 5.56 Å². The molecule has 0 aliphatic carbocycles. The van der Waals surface area contributed by atoms with Crippen LogP contribution < -0.4 is 0 Å². The molecule has 2 amide bonds. The number of ether oxygens (including phenoxy) is 2. The van der Waals surface area contributed by atoms with E-state index < -0.39 is 6.10 Å². The second kappa shape index (κ2) is 9.90. The molecule has 0 unspecified atom stereocenters. The first kappa shape index (κ1) is 21.9. The number of rotatable bonds is 7. The van der Waals surface area contributed by atoms with Gasteiger partial charge in [0.05, 0.1) is 30.9 Å². The molecule has 32 heavy (non-hydrogen) atoms. The molecule has 0 saturated carbocycles. The summed E-state index contributed by atoms with van der Waals surface area (Å²) in [6.45, 7) is 1.90. The molecule has 8 heteroatoms. The van der Waals surface area contributed by atoms with E-state index in [-0.39, 0.29) is 23.9 Å². The first-order valence-corrected chi connectivity index (χ1v) is 10.8. The maximum absolute atomic E-state index is 13.0. The maximum Gasteiger partial charge on any atom is 0.255 e. The first-order chi connectivity index (χ1) is 15.6. The molecule has 1 aromatic carbocycles. The van der Waals surface area contributed by atoms with Crippen LogP contribution in [0.25, 0.3) is 0 Å². The van der Waals surface area contributed by atoms with Gasteiger partial charge < -0.3 is 19.3 Å². The fourth-order valence-electron chi connectivity index (χ4n) is 4.46. The lowest BCUT2D eigenvalue weighted by Crippen LogP contribution is -2.65. The molecule has 8 nitrogen and oxygen atoms in total. The lowest BCUT2D eigenvalue weighted by molar-refractivity contribution is -0.183. The normalized spacial score (nSPS) is 21.2. The molecule has 166 valence electrons. The van der Waals surface area contributed by atoms with Crippen LogP contribution in [0, 0.1) is 11.3 Å². The van der Waals surface area contributed by atoms with Crippen LogP contribution in [-0.4, -0.2) is 72.2 Å². The number of nitriles is 1. The van der Waals surface area contributed by atoms with Gasteiger partial charge in [0.25, 0.3) is 11.8 Å². The summed E-state index contributed by atoms with van der Waals surface area (Å²) in [7, 11) is 1.60. The second-order valence-electron chi connectivity index (χ2n) is 7.97. The molecule has 0 radical (unpaired) electrons. The summed E-state index contributed by atoms with van der Waals surface area (Å²) in [5.74, 6) is -0.101. The van der Waals surface area contributed by atoms with Crippen LogP contribution >= 0.6 is 0 Å². The Hall–Kier alpha value is -3.28. The Morgan fingerprint density at radius 2 is 1.94 bits per heavy atom. The van der Waals surface area contributed by atoms with Gasteiger partial charge in [-0.25, -0.2) is 0 Å². The SMILES string of the molecule is COCCO[C@H]1C(=O)N(C2CCN(C(=O)c3cccc(C#N)c3)CC2)[C@H]1c1ccncc1. The number of pyridine rings is 1. The van der Waals surface area contributed by atoms with E-state index in [4.69, 9.17) is 14.7 Å². The van der Waals surface area contributed by atoms with Gasteiger partial charge in [0.2, 0.25) is 0 Å². The van der Waals surface area contributed by atoms with Gasteiger partial charge in [0, 0.05) is 44.2 Å². The van der Waals surface area contributed by atoms with Crippen molar-refractivity contribution < 1.29 is 19.1 Å². The van der Waals surface area contributed by atoms with E-state index >= 15 is 0 Å². The maximum atomic E-state index is 13.0. The van der Waals surface area contributed by atoms with Crippen molar-refractivity contribution in [3.05, 3.63) is 65.5 Å². The monoisotopic (exact) mass is 434 g/mol. The Morgan fingerprint density at radius 1 is 1.19 bits per heavy atom. The second-order valence-corrected chi connectivity index (χ2v) is 7.97. The lowest BCUT2D eigenvalue weighted by Gasteiger charge is -2.52. The molecule has 2 saturated heterocycles. The highest BCUT2D eigenvalue weighted by atomic mass is 16.5. The zero-order valence-corrected chi connectivity index (χ0v) is 18.0. The molecule has 1 aromatic heterocycles. The third kappa shape index (κ3) is 4.35. The van der Waals surface area contributed by atoms with Crippen LogP contribution in [0.4, 0.5) is 0 Å². The zero-order chi connectivity index (χ0) is 22.5. The number of hydrogen-bond acceptors (Lipinski definition) is 6. The minimum atomic E-state index is -0.527. The smallest absolute Gasteiger partial charge is 0.255 e. The number of hydrogen-bond donors (Lipinski definition) is 0. The van der Waals surface area contributed by atoms with E-state index in [1.54, 1.807) is 48.7 Å². The van der Waals surface area contributed by atoms with Crippen molar-refractivity contribution in [1.29, 1.82) is 5.26 Å². The van der Waals surface area contributed by atoms with E-state index in [9.17, 15) is 9.59 Å². The van der Waals surface area contributed by atoms with E-state index in [1.165, 1.54) is 0 Å². The Morgan fingerprint density at radius 3 is 2.62 bits per heavy atom. The predicted octanol–water partition coefficient (Wildman–Crippen LogP) is 2.17. The van der Waals surface area contributed by atoms with E-state index in [0.29, 0.717) is 50.3 Å². The number of nitrogens with zero attached hydrogens (tertiary/aromatic N) is 4. The first-order valence-electron chi connectivity index (χ1n) is 10.8. The number of aromatic nitrogens is 1. The van der Waals surface area contributed by atoms with Crippen LogP contribution in [0.3, 0.4) is 0 Å². The van der Waals surface area contributed by atoms with Gasteiger partial charge in [-0.15, -0.1) is 0 Å². The van der Waals surface area contributed by atoms with Crippen molar-refractivity contribution in [3.63, 3.8) is 0 Å². The number of piperidine rings is 1. The number of amides is 2. The van der Waals surface area contributed by atoms with Gasteiger partial charge in [-0.05, 0) is 48.7 Å². The van der Waals surface area contributed by atoms with Crippen LogP contribution in [0.15, 0.2) is 48.8 Å². The lowest BCUT2D eigenvalue weighted by atomic mass is 9.86. The summed E-state index contributed by atoms with van der Waals surface area (Å²) >= 11 is 0. The van der Waals surface area contributed by atoms with Gasteiger partial charge in [-0.1, -0.05) is 6.07 Å². The Labute approximate surface area is 187 Å². The quantitative estimate of drug-likeness (QED) is 0.490. The number of carbonyl (C=O) groups excluding carboxylic acids is 2. The number of benzene rings is 1. The van der Waals surface area contributed by atoms with Crippen LogP contribution in [0.5, 0.6) is 0 Å². The molecular weight excluding hydrogens is 408 g/mol. The molecule has 2 aliphatic rings. The van der Waals surface area contributed by atoms with Crippen molar-refractivity contribution in [2.45, 2.75) is 31.0 Å². The molecule has 0 bridgehead atoms. The van der Waals surface area contributed by atoms with Crippen LogP contribution in [-0.2, 0) is 14.3 Å². The van der Waals surface area contributed by atoms with Crippen molar-refractivity contribution >= 4 is 11.8 Å². The molecule has 3 heterocycles. The summed E-state index contributed by atoms with van der Waals surface area (Å²) in [4.78, 5) is 33.6. The number of likely N-dealkylation sites (tertiary alicyclic amines) is 2. The minimum Gasteiger partial charge on any atom is -0.382 e. The van der Waals surface area contributed by atoms with Crippen LogP contribution in [0.1, 0.15) is 40.4 Å². The average molecular weight is 434 g/mol. The molecule has 0 spiro atoms. The van der Waals surface area contributed by atoms with E-state index in [2.05, 4.69) is 11.1 Å². The predicted molar refractivity (Wildman–Crippen MR) is 116 cm³/mol. The van der Waals surface area contributed by atoms with Crippen molar-refractivity contribution in [2.75, 3.05) is 33.4 Å². The van der Waals surface area contributed by atoms with Gasteiger partial charge in [0.15, 0.2) is 6.10 Å². The average Bonchev–Trinajstić information content (AvgIpc) is 2.85. The Bertz CT molecular complexity index is 999. The van der Waals surface area contributed by atoms with Crippen molar-refractivity contribution in [2.24, 2.45) is 0 Å². The van der Waals surface area contributed by atoms with Gasteiger partial charge in [-0.3, -0.25) is 14.6 Å². The summed E-state index contributed by atoms with van der Waals surface area (Å²) in [5.41, 5.74) is 1.98. The van der Waals surface area contributed by atoms with Gasteiger partial charge in [-0.2, -0.15) is 5.26 Å². The highest BCUT2D eigenvalue weighted by Gasteiger charge is 2.52. The highest BCUT2D eigenvalue weighted by Crippen LogP contribution is 2.40. The van der Waals surface area contributed by atoms with Crippen LogP contribution in [0.2, 0.25) is 0 Å². The molecule has 2 atom stereocenters. The minimum absolute atomic E-state index is 0.0191. The highest BCUT2D eigenvalue weighted by molar-refractivity contribution is 5.94. The largest absolute Gasteiger partial charge is 0.382 e. The topological polar surface area (TPSA) is 95.8 Å². The fraction of sp³-hybridized carbons (Fsp3) is 0.417. The molecule has 2 aromatic rings. The van der Waals surface area contributed by atoms with Gasteiger partial charge in [0.1, 0.15) is 0 Å². The molecule has 2 fully saturated rings. The fourth-order valence-corrected chi connectivity index (χ4v) is 4.46. The summed E-state index contributed by atoms with van der Waals surface area (Å²) in [5, 5.41) is 9.08. The summed E-state index contributed by atoms with van der Waals surface area (Å²) in [6, 6.07) is 12.5. The molecule has 4 rings (SSSR count). The van der Waals surface area contributed by atoms with Gasteiger partial charge >= 0.3 is 0 Å². The summed E-state index contributed by atoms with van der Waals surface area (Å²) < 4.78 is 10.9. The van der Waals surface area contributed by atoms with E-state index in [1.807, 2.05) is 17.0 Å². The molecular formula is C24H26N4O4. The summed E-state index contributed by atoms with van der Waals surface area (Å²) in [6.07, 6.45) is 4.31. The molecule has 2 aliphatic heterocycles. The number of methoxy groups -OCH3 is 1. The molecule has 0 N–H and O–H groups in total.